The van der Waals surface area contributed by atoms with Crippen LogP contribution in [0.1, 0.15) is 15.9 Å². The normalized spacial score (nSPS) is 9.86. The van der Waals surface area contributed by atoms with Crippen molar-refractivity contribution in [1.29, 1.82) is 0 Å². The highest BCUT2D eigenvalue weighted by atomic mass is 16.5. The minimum Gasteiger partial charge on any atom is -0.384 e. The molecule has 0 saturated heterocycles. The average molecular weight is 291 g/mol. The number of hydrogen-bond acceptors (Lipinski definition) is 4. The van der Waals surface area contributed by atoms with Gasteiger partial charge in [-0.1, -0.05) is 11.8 Å². The van der Waals surface area contributed by atoms with Crippen molar-refractivity contribution in [2.45, 2.75) is 0 Å². The van der Waals surface area contributed by atoms with E-state index in [0.29, 0.717) is 31.9 Å². The van der Waals surface area contributed by atoms with Gasteiger partial charge in [-0.2, -0.15) is 0 Å². The number of aliphatic hydroxyl groups excluding tert-OH is 1. The zero-order valence-corrected chi connectivity index (χ0v) is 12.5. The molecule has 0 aliphatic rings. The monoisotopic (exact) mass is 291 g/mol. The molecule has 0 aliphatic heterocycles. The highest BCUT2D eigenvalue weighted by Crippen LogP contribution is 2.07. The summed E-state index contributed by atoms with van der Waals surface area (Å²) >= 11 is 0. The molecule has 0 heterocycles. The van der Waals surface area contributed by atoms with Crippen LogP contribution >= 0.6 is 0 Å². The molecule has 1 N–H and O–H groups in total. The summed E-state index contributed by atoms with van der Waals surface area (Å²) in [5.41, 5.74) is 1.36. The van der Waals surface area contributed by atoms with Gasteiger partial charge in [0.1, 0.15) is 6.61 Å². The quantitative estimate of drug-likeness (QED) is 0.754. The first-order chi connectivity index (χ1) is 10.2. The van der Waals surface area contributed by atoms with Crippen LogP contribution in [0.5, 0.6) is 0 Å². The van der Waals surface area contributed by atoms with Crippen molar-refractivity contribution < 1.29 is 19.4 Å². The first-order valence-corrected chi connectivity index (χ1v) is 6.70. The van der Waals surface area contributed by atoms with Gasteiger partial charge in [-0.3, -0.25) is 4.79 Å². The van der Waals surface area contributed by atoms with E-state index in [4.69, 9.17) is 14.6 Å². The summed E-state index contributed by atoms with van der Waals surface area (Å²) in [6, 6.07) is 6.99. The largest absolute Gasteiger partial charge is 0.384 e. The highest BCUT2D eigenvalue weighted by Gasteiger charge is 2.15. The van der Waals surface area contributed by atoms with Gasteiger partial charge in [0, 0.05) is 38.4 Å². The Hall–Kier alpha value is -1.87. The molecular weight excluding hydrogens is 270 g/mol. The van der Waals surface area contributed by atoms with Gasteiger partial charge in [-0.15, -0.1) is 0 Å². The maximum atomic E-state index is 12.4. The molecule has 5 heteroatoms. The number of carbonyl (C=O) groups is 1. The Morgan fingerprint density at radius 1 is 1.14 bits per heavy atom. The van der Waals surface area contributed by atoms with Crippen molar-refractivity contribution in [2.24, 2.45) is 0 Å². The number of methoxy groups -OCH3 is 2. The van der Waals surface area contributed by atoms with Gasteiger partial charge >= 0.3 is 0 Å². The number of rotatable bonds is 7. The summed E-state index contributed by atoms with van der Waals surface area (Å²) in [5, 5.41) is 8.65. The molecule has 0 radical (unpaired) electrons. The lowest BCUT2D eigenvalue weighted by Gasteiger charge is -2.22. The van der Waals surface area contributed by atoms with Crippen molar-refractivity contribution in [3.05, 3.63) is 35.4 Å². The molecule has 0 spiro atoms. The van der Waals surface area contributed by atoms with Gasteiger partial charge in [-0.05, 0) is 24.3 Å². The summed E-state index contributed by atoms with van der Waals surface area (Å²) in [6.07, 6.45) is 0. The molecule has 1 amide bonds. The molecule has 1 aromatic carbocycles. The third kappa shape index (κ3) is 5.96. The molecule has 0 bridgehead atoms. The lowest BCUT2D eigenvalue weighted by molar-refractivity contribution is 0.0627. The van der Waals surface area contributed by atoms with Gasteiger partial charge < -0.3 is 19.5 Å². The van der Waals surface area contributed by atoms with E-state index in [9.17, 15) is 4.79 Å². The number of hydrogen-bond donors (Lipinski definition) is 1. The molecule has 0 aliphatic carbocycles. The summed E-state index contributed by atoms with van der Waals surface area (Å²) in [6.45, 7) is 1.82. The first kappa shape index (κ1) is 17.2. The molecule has 0 saturated carbocycles. The summed E-state index contributed by atoms with van der Waals surface area (Å²) in [5.74, 6) is 5.30. The Morgan fingerprint density at radius 3 is 2.19 bits per heavy atom. The Bertz CT molecular complexity index is 479. The third-order valence-electron chi connectivity index (χ3n) is 2.86. The maximum absolute atomic E-state index is 12.4. The standard InChI is InChI=1S/C16H21NO4/c1-20-12-9-17(10-13-21-2)16(19)15-7-5-14(6-8-15)4-3-11-18/h5-8,18H,9-13H2,1-2H3. The van der Waals surface area contributed by atoms with Gasteiger partial charge in [0.25, 0.3) is 5.91 Å². The average Bonchev–Trinajstić information content (AvgIpc) is 2.53. The van der Waals surface area contributed by atoms with Gasteiger partial charge in [-0.25, -0.2) is 0 Å². The molecular formula is C16H21NO4. The second kappa shape index (κ2) is 9.94. The maximum Gasteiger partial charge on any atom is 0.254 e. The van der Waals surface area contributed by atoms with E-state index in [1.807, 2.05) is 0 Å². The fourth-order valence-electron chi connectivity index (χ4n) is 1.74. The van der Waals surface area contributed by atoms with Gasteiger partial charge in [0.05, 0.1) is 13.2 Å². The number of ether oxygens (including phenoxy) is 2. The summed E-state index contributed by atoms with van der Waals surface area (Å²) < 4.78 is 10.1. The molecule has 0 unspecified atom stereocenters. The first-order valence-electron chi connectivity index (χ1n) is 6.70. The van der Waals surface area contributed by atoms with Crippen LogP contribution in [0.25, 0.3) is 0 Å². The summed E-state index contributed by atoms with van der Waals surface area (Å²) in [7, 11) is 3.21. The van der Waals surface area contributed by atoms with Crippen LogP contribution in [0.3, 0.4) is 0 Å². The summed E-state index contributed by atoms with van der Waals surface area (Å²) in [4.78, 5) is 14.1. The predicted molar refractivity (Wildman–Crippen MR) is 80.1 cm³/mol. The van der Waals surface area contributed by atoms with E-state index in [1.54, 1.807) is 43.4 Å². The Balaban J connectivity index is 2.77. The lowest BCUT2D eigenvalue weighted by Crippen LogP contribution is -2.36. The molecule has 5 nitrogen and oxygen atoms in total. The molecule has 0 aromatic heterocycles. The Morgan fingerprint density at radius 2 is 1.71 bits per heavy atom. The fraction of sp³-hybridized carbons (Fsp3) is 0.438. The van der Waals surface area contributed by atoms with Gasteiger partial charge in [0.15, 0.2) is 0 Å². The van der Waals surface area contributed by atoms with Crippen LogP contribution in [-0.2, 0) is 9.47 Å². The van der Waals surface area contributed by atoms with Crippen molar-refractivity contribution in [2.75, 3.05) is 47.1 Å². The van der Waals surface area contributed by atoms with Crippen LogP contribution in [-0.4, -0.2) is 63.0 Å². The molecule has 0 fully saturated rings. The number of benzene rings is 1. The molecule has 0 atom stereocenters. The number of carbonyl (C=O) groups excluding carboxylic acids is 1. The molecule has 1 aromatic rings. The van der Waals surface area contributed by atoms with Crippen LogP contribution < -0.4 is 0 Å². The fourth-order valence-corrected chi connectivity index (χ4v) is 1.74. The van der Waals surface area contributed by atoms with E-state index in [1.165, 1.54) is 0 Å². The molecule has 21 heavy (non-hydrogen) atoms. The second-order valence-corrected chi connectivity index (χ2v) is 4.32. The van der Waals surface area contributed by atoms with E-state index in [2.05, 4.69) is 11.8 Å². The van der Waals surface area contributed by atoms with E-state index < -0.39 is 0 Å². The van der Waals surface area contributed by atoms with Crippen LogP contribution in [0.2, 0.25) is 0 Å². The number of amides is 1. The van der Waals surface area contributed by atoms with Crippen molar-refractivity contribution in [1.82, 2.24) is 4.90 Å². The van der Waals surface area contributed by atoms with Crippen LogP contribution in [0.15, 0.2) is 24.3 Å². The number of nitrogens with zero attached hydrogens (tertiary/aromatic N) is 1. The van der Waals surface area contributed by atoms with Crippen molar-refractivity contribution >= 4 is 5.91 Å². The highest BCUT2D eigenvalue weighted by molar-refractivity contribution is 5.94. The third-order valence-corrected chi connectivity index (χ3v) is 2.86. The van der Waals surface area contributed by atoms with Crippen molar-refractivity contribution in [3.63, 3.8) is 0 Å². The van der Waals surface area contributed by atoms with E-state index >= 15 is 0 Å². The topological polar surface area (TPSA) is 59.0 Å². The zero-order chi connectivity index (χ0) is 15.5. The van der Waals surface area contributed by atoms with Crippen molar-refractivity contribution in [3.8, 4) is 11.8 Å². The van der Waals surface area contributed by atoms with E-state index in [-0.39, 0.29) is 12.5 Å². The lowest BCUT2D eigenvalue weighted by atomic mass is 10.1. The minimum atomic E-state index is -0.178. The second-order valence-electron chi connectivity index (χ2n) is 4.32. The Labute approximate surface area is 125 Å². The Kier molecular flexibility index (Phi) is 8.14. The molecule has 1 rings (SSSR count). The predicted octanol–water partition coefficient (Wildman–Crippen LogP) is 0.765. The smallest absolute Gasteiger partial charge is 0.254 e. The molecule has 114 valence electrons. The van der Waals surface area contributed by atoms with Crippen LogP contribution in [0.4, 0.5) is 0 Å². The van der Waals surface area contributed by atoms with Crippen LogP contribution in [0, 0.1) is 11.8 Å². The minimum absolute atomic E-state index is 0.0641. The number of aliphatic hydroxyl groups is 1. The SMILES string of the molecule is COCCN(CCOC)C(=O)c1ccc(C#CCO)cc1. The van der Waals surface area contributed by atoms with Gasteiger partial charge in [0.2, 0.25) is 0 Å². The zero-order valence-electron chi connectivity index (χ0n) is 12.5. The van der Waals surface area contributed by atoms with E-state index in [0.717, 1.165) is 5.56 Å².